The van der Waals surface area contributed by atoms with Gasteiger partial charge in [-0.3, -0.25) is 4.79 Å². The van der Waals surface area contributed by atoms with Gasteiger partial charge in [-0.25, -0.2) is 4.21 Å². The Bertz CT molecular complexity index is 221. The molecule has 0 aliphatic carbocycles. The number of rotatable bonds is 3. The summed E-state index contributed by atoms with van der Waals surface area (Å²) in [5, 5.41) is 0. The van der Waals surface area contributed by atoms with E-state index in [0.29, 0.717) is 35.4 Å². The van der Waals surface area contributed by atoms with E-state index in [9.17, 15) is 9.00 Å². The summed E-state index contributed by atoms with van der Waals surface area (Å²) in [6.45, 7) is 2.18. The van der Waals surface area contributed by atoms with Crippen molar-refractivity contribution in [1.82, 2.24) is 0 Å². The lowest BCUT2D eigenvalue weighted by Crippen LogP contribution is -2.23. The summed E-state index contributed by atoms with van der Waals surface area (Å²) in [7, 11) is 0. The van der Waals surface area contributed by atoms with Crippen molar-refractivity contribution in [1.29, 1.82) is 0 Å². The third-order valence-electron chi connectivity index (χ3n) is 1.64. The van der Waals surface area contributed by atoms with E-state index in [4.69, 9.17) is 9.47 Å². The zero-order valence-corrected chi connectivity index (χ0v) is 7.50. The van der Waals surface area contributed by atoms with Gasteiger partial charge in [-0.15, -0.1) is 0 Å². The fourth-order valence-electron chi connectivity index (χ4n) is 1.00. The summed E-state index contributed by atoms with van der Waals surface area (Å²) >= 11 is 0.425. The molecule has 1 fully saturated rings. The average Bonchev–Trinajstić information content (AvgIpc) is 2.55. The molecule has 0 spiro atoms. The lowest BCUT2D eigenvalue weighted by molar-refractivity contribution is -0.131. The van der Waals surface area contributed by atoms with Gasteiger partial charge in [0, 0.05) is 0 Å². The third-order valence-corrected chi connectivity index (χ3v) is 2.40. The molecule has 12 heavy (non-hydrogen) atoms. The van der Waals surface area contributed by atoms with Crippen LogP contribution in [0.5, 0.6) is 0 Å². The van der Waals surface area contributed by atoms with E-state index >= 15 is 0 Å². The molecule has 1 aliphatic rings. The van der Waals surface area contributed by atoms with Gasteiger partial charge in [-0.2, -0.15) is 0 Å². The van der Waals surface area contributed by atoms with E-state index in [-0.39, 0.29) is 6.10 Å². The lowest BCUT2D eigenvalue weighted by Gasteiger charge is -2.06. The fourth-order valence-corrected chi connectivity index (χ4v) is 1.35. The number of aldehydes is 1. The molecule has 2 unspecified atom stereocenters. The molecule has 68 valence electrons. The maximum absolute atomic E-state index is 10.5. The van der Waals surface area contributed by atoms with Gasteiger partial charge in [0.1, 0.15) is 6.10 Å². The van der Waals surface area contributed by atoms with Crippen LogP contribution in [0.15, 0.2) is 0 Å². The minimum atomic E-state index is -0.788. The fraction of sp³-hybridized carbons (Fsp3) is 0.714. The molecule has 0 saturated carbocycles. The Hall–Kier alpha value is -0.520. The second-order valence-electron chi connectivity index (χ2n) is 2.37. The normalized spacial score (nSPS) is 28.4. The van der Waals surface area contributed by atoms with E-state index in [0.717, 1.165) is 0 Å². The Labute approximate surface area is 73.9 Å². The molecule has 0 N–H and O–H groups in total. The standard InChI is InChI=1S/C7H10O4S/c1-2-6(12-9)5-4-10-7(3-8)11-5/h3,5,7H,2,4H2,1H3. The zero-order valence-electron chi connectivity index (χ0n) is 6.69. The third kappa shape index (κ3) is 2.00. The number of hydrogen-bond acceptors (Lipinski definition) is 4. The van der Waals surface area contributed by atoms with Crippen molar-refractivity contribution < 1.29 is 18.5 Å². The van der Waals surface area contributed by atoms with Crippen LogP contribution in [0.2, 0.25) is 0 Å². The molecule has 0 aromatic carbocycles. The highest BCUT2D eigenvalue weighted by molar-refractivity contribution is 7.66. The van der Waals surface area contributed by atoms with Crippen molar-refractivity contribution in [2.45, 2.75) is 25.7 Å². The Morgan fingerprint density at radius 2 is 2.50 bits per heavy atom. The topological polar surface area (TPSA) is 52.6 Å². The van der Waals surface area contributed by atoms with Crippen molar-refractivity contribution in [2.75, 3.05) is 6.61 Å². The first kappa shape index (κ1) is 9.57. The minimum Gasteiger partial charge on any atom is -0.343 e. The highest BCUT2D eigenvalue weighted by Gasteiger charge is 2.28. The Morgan fingerprint density at radius 3 is 2.92 bits per heavy atom. The van der Waals surface area contributed by atoms with E-state index in [1.165, 1.54) is 0 Å². The number of ether oxygens (including phenoxy) is 2. The van der Waals surface area contributed by atoms with Crippen LogP contribution < -0.4 is 0 Å². The molecule has 1 aliphatic heterocycles. The first-order valence-electron chi connectivity index (χ1n) is 3.69. The second-order valence-corrected chi connectivity index (χ2v) is 3.06. The van der Waals surface area contributed by atoms with Crippen LogP contribution in [0.4, 0.5) is 0 Å². The molecule has 1 rings (SSSR count). The summed E-state index contributed by atoms with van der Waals surface area (Å²) < 4.78 is 20.5. The van der Waals surface area contributed by atoms with Gasteiger partial charge in [0.05, 0.1) is 22.7 Å². The molecule has 0 aromatic heterocycles. The van der Waals surface area contributed by atoms with Gasteiger partial charge in [-0.1, -0.05) is 6.92 Å². The maximum atomic E-state index is 10.5. The average molecular weight is 190 g/mol. The largest absolute Gasteiger partial charge is 0.343 e. The number of carbonyl (C=O) groups excluding carboxylic acids is 1. The Kier molecular flexibility index (Phi) is 3.58. The highest BCUT2D eigenvalue weighted by atomic mass is 32.1. The summed E-state index contributed by atoms with van der Waals surface area (Å²) in [5.74, 6) is 0. The number of hydrogen-bond donors (Lipinski definition) is 0. The van der Waals surface area contributed by atoms with Gasteiger partial charge < -0.3 is 9.47 Å². The van der Waals surface area contributed by atoms with Crippen molar-refractivity contribution in [2.24, 2.45) is 0 Å². The predicted molar refractivity (Wildman–Crippen MR) is 44.1 cm³/mol. The van der Waals surface area contributed by atoms with Crippen LogP contribution in [-0.2, 0) is 25.5 Å². The summed E-state index contributed by atoms with van der Waals surface area (Å²) in [5.41, 5.74) is 0. The van der Waals surface area contributed by atoms with E-state index < -0.39 is 6.29 Å². The van der Waals surface area contributed by atoms with Crippen LogP contribution in [0.3, 0.4) is 0 Å². The van der Waals surface area contributed by atoms with Crippen LogP contribution in [0, 0.1) is 0 Å². The smallest absolute Gasteiger partial charge is 0.215 e. The molecule has 0 aromatic rings. The lowest BCUT2D eigenvalue weighted by atomic mass is 10.2. The zero-order chi connectivity index (χ0) is 8.97. The maximum Gasteiger partial charge on any atom is 0.215 e. The number of carbonyl (C=O) groups is 1. The van der Waals surface area contributed by atoms with Gasteiger partial charge in [-0.05, 0) is 6.42 Å². The van der Waals surface area contributed by atoms with E-state index in [1.54, 1.807) is 0 Å². The molecule has 1 saturated heterocycles. The van der Waals surface area contributed by atoms with Crippen LogP contribution >= 0.6 is 0 Å². The molecule has 5 heteroatoms. The van der Waals surface area contributed by atoms with E-state index in [1.807, 2.05) is 6.92 Å². The molecule has 0 amide bonds. The Balaban J connectivity index is 2.56. The van der Waals surface area contributed by atoms with Crippen LogP contribution in [-0.4, -0.2) is 34.4 Å². The first-order valence-corrected chi connectivity index (χ1v) is 4.43. The van der Waals surface area contributed by atoms with Crippen molar-refractivity contribution in [3.8, 4) is 0 Å². The minimum absolute atomic E-state index is 0.307. The van der Waals surface area contributed by atoms with Gasteiger partial charge in [0.15, 0.2) is 6.29 Å². The van der Waals surface area contributed by atoms with Crippen molar-refractivity contribution in [3.63, 3.8) is 0 Å². The molecule has 4 nitrogen and oxygen atoms in total. The Morgan fingerprint density at radius 1 is 1.75 bits per heavy atom. The van der Waals surface area contributed by atoms with E-state index in [2.05, 4.69) is 0 Å². The molecular formula is C7H10O4S. The molecule has 2 atom stereocenters. The SMILES string of the molecule is CCC(=S=O)C1COC(C=O)O1. The van der Waals surface area contributed by atoms with Gasteiger partial charge >= 0.3 is 0 Å². The van der Waals surface area contributed by atoms with Crippen molar-refractivity contribution in [3.05, 3.63) is 0 Å². The summed E-state index contributed by atoms with van der Waals surface area (Å²) in [4.78, 5) is 10.9. The summed E-state index contributed by atoms with van der Waals surface area (Å²) in [6, 6.07) is 0. The second kappa shape index (κ2) is 4.49. The van der Waals surface area contributed by atoms with Gasteiger partial charge in [0.2, 0.25) is 6.29 Å². The molecule has 0 bridgehead atoms. The highest BCUT2D eigenvalue weighted by Crippen LogP contribution is 2.11. The van der Waals surface area contributed by atoms with Crippen LogP contribution in [0.1, 0.15) is 13.3 Å². The van der Waals surface area contributed by atoms with Gasteiger partial charge in [0.25, 0.3) is 0 Å². The molecular weight excluding hydrogens is 180 g/mol. The molecule has 1 heterocycles. The summed E-state index contributed by atoms with van der Waals surface area (Å²) in [6.07, 6.45) is 0.132. The monoisotopic (exact) mass is 190 g/mol. The molecule has 0 radical (unpaired) electrons. The predicted octanol–water partition coefficient (Wildman–Crippen LogP) is -0.278. The van der Waals surface area contributed by atoms with Crippen LogP contribution in [0.25, 0.3) is 0 Å². The first-order chi connectivity index (χ1) is 5.81. The quantitative estimate of drug-likeness (QED) is 0.454. The van der Waals surface area contributed by atoms with Crippen molar-refractivity contribution >= 4 is 22.4 Å².